The van der Waals surface area contributed by atoms with E-state index in [1.165, 1.54) is 5.56 Å². The van der Waals surface area contributed by atoms with Gasteiger partial charge in [-0.15, -0.1) is 0 Å². The Labute approximate surface area is 161 Å². The molecule has 27 heavy (non-hydrogen) atoms. The van der Waals surface area contributed by atoms with E-state index < -0.39 is 0 Å². The Bertz CT molecular complexity index is 674. The quantitative estimate of drug-likeness (QED) is 0.502. The van der Waals surface area contributed by atoms with Crippen LogP contribution in [0.2, 0.25) is 0 Å². The molecule has 148 valence electrons. The van der Waals surface area contributed by atoms with Crippen LogP contribution in [-0.4, -0.2) is 54.9 Å². The molecule has 1 aliphatic heterocycles. The molecule has 3 N–H and O–H groups in total. The van der Waals surface area contributed by atoms with Gasteiger partial charge in [0.15, 0.2) is 5.96 Å². The first-order chi connectivity index (χ1) is 13.0. The van der Waals surface area contributed by atoms with E-state index in [0.29, 0.717) is 25.5 Å². The lowest BCUT2D eigenvalue weighted by atomic mass is 10.1. The monoisotopic (exact) mass is 373 g/mol. The Morgan fingerprint density at radius 1 is 1.26 bits per heavy atom. The number of anilines is 1. The summed E-state index contributed by atoms with van der Waals surface area (Å²) >= 11 is 0. The van der Waals surface area contributed by atoms with Gasteiger partial charge in [-0.2, -0.15) is 0 Å². The number of benzene rings is 1. The number of carbonyl (C=O) groups is 2. The fraction of sp³-hybridized carbons (Fsp3) is 0.550. The standard InChI is InChI=1S/C20H31N5O2/c1-4-15-8-7-9-16(12-15)23-18(26)13-22-20(21-6-3)24-17-10-11-25(14-17)19(27)5-2/h7-9,12,17H,4-6,10-11,13-14H2,1-3H3,(H,23,26)(H2,21,22,24). The van der Waals surface area contributed by atoms with E-state index in [-0.39, 0.29) is 24.4 Å². The second kappa shape index (κ2) is 10.5. The summed E-state index contributed by atoms with van der Waals surface area (Å²) < 4.78 is 0. The number of nitrogens with one attached hydrogen (secondary N) is 3. The van der Waals surface area contributed by atoms with Crippen LogP contribution in [0.15, 0.2) is 29.3 Å². The van der Waals surface area contributed by atoms with Gasteiger partial charge in [0, 0.05) is 37.8 Å². The fourth-order valence-electron chi connectivity index (χ4n) is 3.06. The molecule has 2 rings (SSSR count). The van der Waals surface area contributed by atoms with Gasteiger partial charge in [-0.05, 0) is 37.5 Å². The highest BCUT2D eigenvalue weighted by Crippen LogP contribution is 2.11. The molecule has 1 aliphatic rings. The van der Waals surface area contributed by atoms with E-state index in [2.05, 4.69) is 27.9 Å². The van der Waals surface area contributed by atoms with Crippen LogP contribution < -0.4 is 16.0 Å². The van der Waals surface area contributed by atoms with Crippen molar-refractivity contribution in [2.24, 2.45) is 4.99 Å². The third-order valence-electron chi connectivity index (χ3n) is 4.53. The van der Waals surface area contributed by atoms with Crippen LogP contribution in [0.1, 0.15) is 39.2 Å². The summed E-state index contributed by atoms with van der Waals surface area (Å²) in [5, 5.41) is 9.37. The Morgan fingerprint density at radius 2 is 2.07 bits per heavy atom. The van der Waals surface area contributed by atoms with Crippen LogP contribution in [0.4, 0.5) is 5.69 Å². The van der Waals surface area contributed by atoms with Crippen molar-refractivity contribution >= 4 is 23.5 Å². The van der Waals surface area contributed by atoms with Crippen LogP contribution in [0.5, 0.6) is 0 Å². The van der Waals surface area contributed by atoms with Gasteiger partial charge in [0.2, 0.25) is 11.8 Å². The molecule has 1 saturated heterocycles. The maximum absolute atomic E-state index is 12.2. The highest BCUT2D eigenvalue weighted by Gasteiger charge is 2.25. The number of guanidine groups is 1. The minimum Gasteiger partial charge on any atom is -0.357 e. The number of carbonyl (C=O) groups excluding carboxylic acids is 2. The van der Waals surface area contributed by atoms with E-state index in [1.807, 2.05) is 43.0 Å². The molecule has 0 spiro atoms. The molecule has 1 unspecified atom stereocenters. The van der Waals surface area contributed by atoms with Crippen molar-refractivity contribution in [3.8, 4) is 0 Å². The Morgan fingerprint density at radius 3 is 2.78 bits per heavy atom. The number of hydrogen-bond acceptors (Lipinski definition) is 3. The first kappa shape index (κ1) is 20.7. The molecule has 0 radical (unpaired) electrons. The van der Waals surface area contributed by atoms with E-state index in [0.717, 1.165) is 25.1 Å². The average Bonchev–Trinajstić information content (AvgIpc) is 3.14. The van der Waals surface area contributed by atoms with Crippen molar-refractivity contribution in [1.29, 1.82) is 0 Å². The molecule has 2 amide bonds. The largest absolute Gasteiger partial charge is 0.357 e. The molecule has 1 aromatic rings. The zero-order valence-corrected chi connectivity index (χ0v) is 16.5. The fourth-order valence-corrected chi connectivity index (χ4v) is 3.06. The molecule has 0 saturated carbocycles. The lowest BCUT2D eigenvalue weighted by Crippen LogP contribution is -2.45. The molecule has 7 heteroatoms. The second-order valence-corrected chi connectivity index (χ2v) is 6.62. The summed E-state index contributed by atoms with van der Waals surface area (Å²) in [6.07, 6.45) is 2.34. The molecule has 1 heterocycles. The zero-order chi connectivity index (χ0) is 19.6. The average molecular weight is 374 g/mol. The SMILES string of the molecule is CCNC(=NCC(=O)Nc1cccc(CC)c1)NC1CCN(C(=O)CC)C1. The predicted molar refractivity (Wildman–Crippen MR) is 109 cm³/mol. The van der Waals surface area contributed by atoms with Crippen molar-refractivity contribution in [2.75, 3.05) is 31.5 Å². The summed E-state index contributed by atoms with van der Waals surface area (Å²) in [6.45, 7) is 8.12. The zero-order valence-electron chi connectivity index (χ0n) is 16.5. The molecule has 1 fully saturated rings. The van der Waals surface area contributed by atoms with E-state index >= 15 is 0 Å². The first-order valence-corrected chi connectivity index (χ1v) is 9.77. The van der Waals surface area contributed by atoms with Crippen molar-refractivity contribution in [3.63, 3.8) is 0 Å². The van der Waals surface area contributed by atoms with Gasteiger partial charge in [0.1, 0.15) is 6.54 Å². The number of likely N-dealkylation sites (tertiary alicyclic amines) is 1. The summed E-state index contributed by atoms with van der Waals surface area (Å²) in [6, 6.07) is 7.98. The van der Waals surface area contributed by atoms with Crippen molar-refractivity contribution in [3.05, 3.63) is 29.8 Å². The van der Waals surface area contributed by atoms with Crippen LogP contribution in [0.3, 0.4) is 0 Å². The van der Waals surface area contributed by atoms with Gasteiger partial charge < -0.3 is 20.9 Å². The minimum atomic E-state index is -0.158. The Hall–Kier alpha value is -2.57. The molecular formula is C20H31N5O2. The molecule has 1 aromatic carbocycles. The van der Waals surface area contributed by atoms with Gasteiger partial charge in [0.05, 0.1) is 0 Å². The summed E-state index contributed by atoms with van der Waals surface area (Å²) in [4.78, 5) is 30.3. The van der Waals surface area contributed by atoms with Crippen molar-refractivity contribution < 1.29 is 9.59 Å². The number of amides is 2. The van der Waals surface area contributed by atoms with Crippen LogP contribution >= 0.6 is 0 Å². The molecule has 0 aliphatic carbocycles. The first-order valence-electron chi connectivity index (χ1n) is 9.77. The Balaban J connectivity index is 1.88. The topological polar surface area (TPSA) is 85.8 Å². The van der Waals surface area contributed by atoms with Gasteiger partial charge in [-0.25, -0.2) is 4.99 Å². The molecule has 7 nitrogen and oxygen atoms in total. The lowest BCUT2D eigenvalue weighted by molar-refractivity contribution is -0.129. The number of aryl methyl sites for hydroxylation is 1. The van der Waals surface area contributed by atoms with E-state index in [4.69, 9.17) is 0 Å². The van der Waals surface area contributed by atoms with Crippen molar-refractivity contribution in [1.82, 2.24) is 15.5 Å². The normalized spacial score (nSPS) is 16.9. The van der Waals surface area contributed by atoms with Crippen molar-refractivity contribution in [2.45, 2.75) is 46.1 Å². The number of aliphatic imine (C=N–C) groups is 1. The summed E-state index contributed by atoms with van der Waals surface area (Å²) in [7, 11) is 0. The molecule has 0 aromatic heterocycles. The minimum absolute atomic E-state index is 0.0377. The highest BCUT2D eigenvalue weighted by molar-refractivity contribution is 5.94. The summed E-state index contributed by atoms with van der Waals surface area (Å²) in [5.74, 6) is 0.621. The molecular weight excluding hydrogens is 342 g/mol. The van der Waals surface area contributed by atoms with Crippen LogP contribution in [0.25, 0.3) is 0 Å². The third kappa shape index (κ3) is 6.58. The second-order valence-electron chi connectivity index (χ2n) is 6.62. The maximum Gasteiger partial charge on any atom is 0.246 e. The Kier molecular flexibility index (Phi) is 8.10. The van der Waals surface area contributed by atoms with Crippen LogP contribution in [0, 0.1) is 0 Å². The van der Waals surface area contributed by atoms with Gasteiger partial charge in [-0.1, -0.05) is 26.0 Å². The predicted octanol–water partition coefficient (Wildman–Crippen LogP) is 1.75. The number of hydrogen-bond donors (Lipinski definition) is 3. The van der Waals surface area contributed by atoms with E-state index in [1.54, 1.807) is 0 Å². The highest BCUT2D eigenvalue weighted by atomic mass is 16.2. The summed E-state index contributed by atoms with van der Waals surface area (Å²) in [5.41, 5.74) is 1.97. The maximum atomic E-state index is 12.2. The number of nitrogens with zero attached hydrogens (tertiary/aromatic N) is 2. The lowest BCUT2D eigenvalue weighted by Gasteiger charge is -2.18. The van der Waals surface area contributed by atoms with E-state index in [9.17, 15) is 9.59 Å². The van der Waals surface area contributed by atoms with Crippen LogP contribution in [-0.2, 0) is 16.0 Å². The smallest absolute Gasteiger partial charge is 0.246 e. The van der Waals surface area contributed by atoms with Gasteiger partial charge in [-0.3, -0.25) is 9.59 Å². The van der Waals surface area contributed by atoms with Gasteiger partial charge in [0.25, 0.3) is 0 Å². The molecule has 1 atom stereocenters. The van der Waals surface area contributed by atoms with Gasteiger partial charge >= 0.3 is 0 Å². The number of rotatable bonds is 7. The molecule has 0 bridgehead atoms. The third-order valence-corrected chi connectivity index (χ3v) is 4.53.